The molecule has 1 fully saturated rings. The molecular formula is C13H20N4O3. The number of carboxylic acids is 1. The zero-order chi connectivity index (χ0) is 14.7. The Hall–Kier alpha value is -2.05. The Morgan fingerprint density at radius 1 is 1.55 bits per heavy atom. The Morgan fingerprint density at radius 3 is 2.90 bits per heavy atom. The van der Waals surface area contributed by atoms with Crippen molar-refractivity contribution in [3.8, 4) is 0 Å². The number of aliphatic carboxylic acids is 1. The van der Waals surface area contributed by atoms with Crippen LogP contribution in [0.3, 0.4) is 0 Å². The van der Waals surface area contributed by atoms with Gasteiger partial charge in [-0.1, -0.05) is 0 Å². The van der Waals surface area contributed by atoms with Crippen LogP contribution in [0.5, 0.6) is 0 Å². The third-order valence-electron chi connectivity index (χ3n) is 3.65. The maximum Gasteiger partial charge on any atom is 0.320 e. The number of rotatable bonds is 4. The van der Waals surface area contributed by atoms with Gasteiger partial charge in [0.05, 0.1) is 6.54 Å². The summed E-state index contributed by atoms with van der Waals surface area (Å²) in [7, 11) is 3.63. The lowest BCUT2D eigenvalue weighted by Crippen LogP contribution is -2.40. The second-order valence-electron chi connectivity index (χ2n) is 5.29. The number of imidazole rings is 1. The first-order valence-corrected chi connectivity index (χ1v) is 6.65. The molecule has 1 N–H and O–H groups in total. The van der Waals surface area contributed by atoms with E-state index < -0.39 is 5.97 Å². The van der Waals surface area contributed by atoms with Gasteiger partial charge in [0.25, 0.3) is 0 Å². The monoisotopic (exact) mass is 280 g/mol. The predicted octanol–water partition coefficient (Wildman–Crippen LogP) is 0.769. The van der Waals surface area contributed by atoms with Crippen molar-refractivity contribution in [1.82, 2.24) is 19.4 Å². The van der Waals surface area contributed by atoms with E-state index in [4.69, 9.17) is 5.11 Å². The van der Waals surface area contributed by atoms with E-state index in [0.29, 0.717) is 19.6 Å². The molecule has 1 unspecified atom stereocenters. The third kappa shape index (κ3) is 3.28. The molecule has 0 bridgehead atoms. The third-order valence-corrected chi connectivity index (χ3v) is 3.65. The molecule has 110 valence electrons. The van der Waals surface area contributed by atoms with Crippen molar-refractivity contribution in [3.63, 3.8) is 0 Å². The van der Waals surface area contributed by atoms with Crippen molar-refractivity contribution < 1.29 is 14.7 Å². The van der Waals surface area contributed by atoms with Gasteiger partial charge < -0.3 is 19.5 Å². The van der Waals surface area contributed by atoms with E-state index in [-0.39, 0.29) is 18.4 Å². The van der Waals surface area contributed by atoms with E-state index >= 15 is 0 Å². The Balaban J connectivity index is 1.88. The minimum Gasteiger partial charge on any atom is -0.481 e. The molecule has 7 nitrogen and oxygen atoms in total. The van der Waals surface area contributed by atoms with Crippen LogP contribution >= 0.6 is 0 Å². The average Bonchev–Trinajstić information content (AvgIpc) is 2.98. The molecule has 1 aromatic rings. The number of amides is 2. The molecule has 0 aliphatic carbocycles. The second kappa shape index (κ2) is 5.94. The molecular weight excluding hydrogens is 260 g/mol. The number of aromatic nitrogens is 2. The van der Waals surface area contributed by atoms with Crippen molar-refractivity contribution in [2.24, 2.45) is 13.0 Å². The first-order chi connectivity index (χ1) is 9.47. The van der Waals surface area contributed by atoms with Crippen molar-refractivity contribution in [2.45, 2.75) is 19.4 Å². The number of nitrogens with zero attached hydrogens (tertiary/aromatic N) is 4. The van der Waals surface area contributed by atoms with Gasteiger partial charge in [0, 0.05) is 46.0 Å². The summed E-state index contributed by atoms with van der Waals surface area (Å²) < 4.78 is 1.88. The first kappa shape index (κ1) is 14.4. The maximum absolute atomic E-state index is 12.3. The van der Waals surface area contributed by atoms with E-state index in [1.54, 1.807) is 23.0 Å². The molecule has 0 aromatic carbocycles. The fourth-order valence-corrected chi connectivity index (χ4v) is 2.49. The molecule has 0 spiro atoms. The van der Waals surface area contributed by atoms with E-state index in [1.807, 2.05) is 17.8 Å². The summed E-state index contributed by atoms with van der Waals surface area (Å²) >= 11 is 0. The lowest BCUT2D eigenvalue weighted by atomic mass is 10.1. The first-order valence-electron chi connectivity index (χ1n) is 6.65. The molecule has 1 aliphatic rings. The molecule has 7 heteroatoms. The summed E-state index contributed by atoms with van der Waals surface area (Å²) in [5, 5.41) is 8.78. The summed E-state index contributed by atoms with van der Waals surface area (Å²) in [4.78, 5) is 30.5. The Kier molecular flexibility index (Phi) is 4.26. The normalized spacial score (nSPS) is 18.3. The number of urea groups is 1. The minimum atomic E-state index is -0.800. The van der Waals surface area contributed by atoms with Gasteiger partial charge in [-0.3, -0.25) is 4.79 Å². The lowest BCUT2D eigenvalue weighted by molar-refractivity contribution is -0.138. The topological polar surface area (TPSA) is 78.7 Å². The number of likely N-dealkylation sites (tertiary alicyclic amines) is 1. The molecule has 0 radical (unpaired) electrons. The zero-order valence-electron chi connectivity index (χ0n) is 11.8. The Bertz CT molecular complexity index is 500. The minimum absolute atomic E-state index is 0.0676. The van der Waals surface area contributed by atoms with Crippen LogP contribution in [0.15, 0.2) is 12.4 Å². The molecule has 2 heterocycles. The van der Waals surface area contributed by atoms with Crippen LogP contribution in [0.1, 0.15) is 18.7 Å². The highest BCUT2D eigenvalue weighted by Crippen LogP contribution is 2.20. The van der Waals surface area contributed by atoms with Gasteiger partial charge >= 0.3 is 12.0 Å². The summed E-state index contributed by atoms with van der Waals surface area (Å²) in [5.41, 5.74) is 0. The average molecular weight is 280 g/mol. The number of carboxylic acid groups (broad SMARTS) is 1. The van der Waals surface area contributed by atoms with Crippen LogP contribution in [0.25, 0.3) is 0 Å². The smallest absolute Gasteiger partial charge is 0.320 e. The van der Waals surface area contributed by atoms with Crippen LogP contribution in [0.4, 0.5) is 4.79 Å². The summed E-state index contributed by atoms with van der Waals surface area (Å²) in [5.74, 6) is 0.0887. The Morgan fingerprint density at radius 2 is 2.30 bits per heavy atom. The summed E-state index contributed by atoms with van der Waals surface area (Å²) in [6, 6.07) is -0.0686. The highest BCUT2D eigenvalue weighted by atomic mass is 16.4. The fourth-order valence-electron chi connectivity index (χ4n) is 2.49. The standard InChI is InChI=1S/C13H20N4O3/c1-15-6-4-14-11(15)9-16(2)13(20)17-5-3-10(8-17)7-12(18)19/h4,6,10H,3,5,7-9H2,1-2H3,(H,18,19). The molecule has 1 aromatic heterocycles. The lowest BCUT2D eigenvalue weighted by Gasteiger charge is -2.24. The maximum atomic E-state index is 12.3. The van der Waals surface area contributed by atoms with Gasteiger partial charge in [-0.15, -0.1) is 0 Å². The number of aryl methyl sites for hydroxylation is 1. The van der Waals surface area contributed by atoms with Crippen LogP contribution in [-0.4, -0.2) is 56.6 Å². The molecule has 20 heavy (non-hydrogen) atoms. The number of carbonyl (C=O) groups excluding carboxylic acids is 1. The fraction of sp³-hybridized carbons (Fsp3) is 0.615. The van der Waals surface area contributed by atoms with E-state index in [0.717, 1.165) is 12.2 Å². The quantitative estimate of drug-likeness (QED) is 0.883. The van der Waals surface area contributed by atoms with Gasteiger partial charge in [0.2, 0.25) is 0 Å². The van der Waals surface area contributed by atoms with Gasteiger partial charge in [-0.2, -0.15) is 0 Å². The molecule has 1 atom stereocenters. The second-order valence-corrected chi connectivity index (χ2v) is 5.29. The highest BCUT2D eigenvalue weighted by molar-refractivity contribution is 5.74. The van der Waals surface area contributed by atoms with Gasteiger partial charge in [0.1, 0.15) is 5.82 Å². The van der Waals surface area contributed by atoms with Crippen molar-refractivity contribution >= 4 is 12.0 Å². The van der Waals surface area contributed by atoms with Crippen LogP contribution in [-0.2, 0) is 18.4 Å². The largest absolute Gasteiger partial charge is 0.481 e. The van der Waals surface area contributed by atoms with Crippen LogP contribution < -0.4 is 0 Å². The van der Waals surface area contributed by atoms with Crippen LogP contribution in [0, 0.1) is 5.92 Å². The highest BCUT2D eigenvalue weighted by Gasteiger charge is 2.29. The Labute approximate surface area is 117 Å². The van der Waals surface area contributed by atoms with E-state index in [1.165, 1.54) is 0 Å². The van der Waals surface area contributed by atoms with Crippen molar-refractivity contribution in [3.05, 3.63) is 18.2 Å². The zero-order valence-corrected chi connectivity index (χ0v) is 11.8. The molecule has 2 rings (SSSR count). The summed E-state index contributed by atoms with van der Waals surface area (Å²) in [6.45, 7) is 1.60. The van der Waals surface area contributed by atoms with E-state index in [2.05, 4.69) is 4.98 Å². The van der Waals surface area contributed by atoms with Gasteiger partial charge in [-0.05, 0) is 12.3 Å². The number of hydrogen-bond donors (Lipinski definition) is 1. The SMILES string of the molecule is CN(Cc1nccn1C)C(=O)N1CCC(CC(=O)O)C1. The summed E-state index contributed by atoms with van der Waals surface area (Å²) in [6.07, 6.45) is 4.43. The van der Waals surface area contributed by atoms with Gasteiger partial charge in [0.15, 0.2) is 0 Å². The van der Waals surface area contributed by atoms with Gasteiger partial charge in [-0.25, -0.2) is 9.78 Å². The predicted molar refractivity (Wildman–Crippen MR) is 72.0 cm³/mol. The van der Waals surface area contributed by atoms with Crippen molar-refractivity contribution in [2.75, 3.05) is 20.1 Å². The van der Waals surface area contributed by atoms with E-state index in [9.17, 15) is 9.59 Å². The number of hydrogen-bond acceptors (Lipinski definition) is 3. The molecule has 1 saturated heterocycles. The number of carbonyl (C=O) groups is 2. The molecule has 1 aliphatic heterocycles. The molecule has 0 saturated carbocycles. The van der Waals surface area contributed by atoms with Crippen molar-refractivity contribution in [1.29, 1.82) is 0 Å². The van der Waals surface area contributed by atoms with Crippen LogP contribution in [0.2, 0.25) is 0 Å². The molecule has 2 amide bonds.